The average Bonchev–Trinajstić information content (AvgIpc) is 2.26. The van der Waals surface area contributed by atoms with Gasteiger partial charge in [0.25, 0.3) is 5.91 Å². The van der Waals surface area contributed by atoms with Gasteiger partial charge in [-0.1, -0.05) is 13.3 Å². The van der Waals surface area contributed by atoms with Crippen LogP contribution in [0.15, 0.2) is 6.07 Å². The van der Waals surface area contributed by atoms with Crippen LogP contribution in [0.1, 0.15) is 30.1 Å². The van der Waals surface area contributed by atoms with E-state index in [9.17, 15) is 9.90 Å². The van der Waals surface area contributed by atoms with Gasteiger partial charge in [0.2, 0.25) is 0 Å². The van der Waals surface area contributed by atoms with Crippen LogP contribution in [-0.4, -0.2) is 17.6 Å². The van der Waals surface area contributed by atoms with E-state index < -0.39 is 0 Å². The second-order valence-electron chi connectivity index (χ2n) is 3.49. The molecule has 1 aromatic rings. The summed E-state index contributed by atoms with van der Waals surface area (Å²) in [5.41, 5.74) is 0.570. The lowest BCUT2D eigenvalue weighted by Crippen LogP contribution is -2.26. The molecule has 0 saturated heterocycles. The molecule has 3 nitrogen and oxygen atoms in total. The lowest BCUT2D eigenvalue weighted by atomic mass is 10.2. The van der Waals surface area contributed by atoms with Crippen molar-refractivity contribution in [1.82, 2.24) is 5.32 Å². The van der Waals surface area contributed by atoms with Crippen molar-refractivity contribution >= 4 is 73.7 Å². The number of phenols is 1. The summed E-state index contributed by atoms with van der Waals surface area (Å²) >= 11 is 6.19. The van der Waals surface area contributed by atoms with Crippen molar-refractivity contribution < 1.29 is 9.90 Å². The molecule has 0 fully saturated rings. The molecule has 0 radical (unpaired) electrons. The van der Waals surface area contributed by atoms with Crippen LogP contribution < -0.4 is 5.32 Å². The standard InChI is InChI=1S/C11H12I3NO2/c1-2-3-4-15-11(17)8-6(12)5-7(13)10(16)9(8)14/h5,16H,2-4H2,1H3,(H,15,17). The van der Waals surface area contributed by atoms with Crippen molar-refractivity contribution in [2.45, 2.75) is 19.8 Å². The van der Waals surface area contributed by atoms with E-state index in [0.717, 1.165) is 20.0 Å². The zero-order chi connectivity index (χ0) is 13.0. The SMILES string of the molecule is CCCCNC(=O)c1c(I)cc(I)c(O)c1I. The Morgan fingerprint density at radius 1 is 1.35 bits per heavy atom. The molecule has 1 rings (SSSR count). The molecule has 0 spiro atoms. The Bertz CT molecular complexity index is 435. The van der Waals surface area contributed by atoms with Gasteiger partial charge < -0.3 is 10.4 Å². The quantitative estimate of drug-likeness (QED) is 0.428. The number of benzene rings is 1. The third-order valence-corrected chi connectivity index (χ3v) is 4.91. The molecular formula is C11H12I3NO2. The smallest absolute Gasteiger partial charge is 0.253 e. The van der Waals surface area contributed by atoms with Gasteiger partial charge in [0.15, 0.2) is 0 Å². The molecule has 0 aromatic heterocycles. The van der Waals surface area contributed by atoms with E-state index in [0.29, 0.717) is 15.7 Å². The van der Waals surface area contributed by atoms with Gasteiger partial charge in [-0.25, -0.2) is 0 Å². The number of carbonyl (C=O) groups is 1. The Kier molecular flexibility index (Phi) is 6.77. The van der Waals surface area contributed by atoms with Gasteiger partial charge in [-0.15, -0.1) is 0 Å². The van der Waals surface area contributed by atoms with Crippen LogP contribution >= 0.6 is 67.8 Å². The van der Waals surface area contributed by atoms with Crippen molar-refractivity contribution in [3.63, 3.8) is 0 Å². The van der Waals surface area contributed by atoms with Gasteiger partial charge in [-0.05, 0) is 80.3 Å². The molecular weight excluding hydrogens is 559 g/mol. The molecule has 0 atom stereocenters. The third-order valence-electron chi connectivity index (χ3n) is 2.19. The number of aromatic hydroxyl groups is 1. The van der Waals surface area contributed by atoms with E-state index in [4.69, 9.17) is 0 Å². The number of halogens is 3. The van der Waals surface area contributed by atoms with Crippen LogP contribution in [0.2, 0.25) is 0 Å². The molecule has 17 heavy (non-hydrogen) atoms. The summed E-state index contributed by atoms with van der Waals surface area (Å²) in [6, 6.07) is 1.81. The molecule has 0 aliphatic carbocycles. The van der Waals surface area contributed by atoms with E-state index in [1.807, 2.05) is 28.7 Å². The summed E-state index contributed by atoms with van der Waals surface area (Å²) in [4.78, 5) is 12.0. The minimum Gasteiger partial charge on any atom is -0.506 e. The monoisotopic (exact) mass is 571 g/mol. The van der Waals surface area contributed by atoms with Crippen LogP contribution in [0.25, 0.3) is 0 Å². The van der Waals surface area contributed by atoms with Gasteiger partial charge in [0.1, 0.15) is 5.75 Å². The van der Waals surface area contributed by atoms with E-state index >= 15 is 0 Å². The highest BCUT2D eigenvalue weighted by atomic mass is 127. The van der Waals surface area contributed by atoms with Crippen LogP contribution in [0.5, 0.6) is 5.75 Å². The third kappa shape index (κ3) is 4.08. The van der Waals surface area contributed by atoms with Crippen molar-refractivity contribution in [2.24, 2.45) is 0 Å². The number of phenolic OH excluding ortho intramolecular Hbond substituents is 1. The number of nitrogens with one attached hydrogen (secondary N) is 1. The molecule has 94 valence electrons. The molecule has 0 unspecified atom stereocenters. The van der Waals surface area contributed by atoms with E-state index in [1.54, 1.807) is 0 Å². The predicted octanol–water partition coefficient (Wildman–Crippen LogP) is 3.74. The summed E-state index contributed by atoms with van der Waals surface area (Å²) in [6.45, 7) is 2.75. The van der Waals surface area contributed by atoms with Gasteiger partial charge in [-0.3, -0.25) is 4.79 Å². The van der Waals surface area contributed by atoms with Crippen molar-refractivity contribution in [3.8, 4) is 5.75 Å². The van der Waals surface area contributed by atoms with Gasteiger partial charge in [0, 0.05) is 10.1 Å². The summed E-state index contributed by atoms with van der Waals surface area (Å²) in [5.74, 6) is 0.0752. The summed E-state index contributed by atoms with van der Waals surface area (Å²) in [7, 11) is 0. The van der Waals surface area contributed by atoms with Gasteiger partial charge in [-0.2, -0.15) is 0 Å². The van der Waals surface area contributed by atoms with Crippen LogP contribution in [0.4, 0.5) is 0 Å². The molecule has 0 heterocycles. The maximum atomic E-state index is 12.0. The molecule has 0 bridgehead atoms. The normalized spacial score (nSPS) is 10.4. The number of rotatable bonds is 4. The first-order valence-electron chi connectivity index (χ1n) is 5.13. The lowest BCUT2D eigenvalue weighted by molar-refractivity contribution is 0.0951. The predicted molar refractivity (Wildman–Crippen MR) is 93.5 cm³/mol. The fraction of sp³-hybridized carbons (Fsp3) is 0.364. The molecule has 0 aliphatic heterocycles. The maximum Gasteiger partial charge on any atom is 0.253 e. The largest absolute Gasteiger partial charge is 0.506 e. The van der Waals surface area contributed by atoms with E-state index in [1.165, 1.54) is 0 Å². The first-order chi connectivity index (χ1) is 7.99. The average molecular weight is 571 g/mol. The number of hydrogen-bond donors (Lipinski definition) is 2. The number of hydrogen-bond acceptors (Lipinski definition) is 2. The Balaban J connectivity index is 2.97. The molecule has 1 aromatic carbocycles. The van der Waals surface area contributed by atoms with Crippen LogP contribution in [0.3, 0.4) is 0 Å². The number of unbranched alkanes of at least 4 members (excludes halogenated alkanes) is 1. The molecule has 0 aliphatic rings. The summed E-state index contributed by atoms with van der Waals surface area (Å²) < 4.78 is 2.25. The van der Waals surface area contributed by atoms with Crippen molar-refractivity contribution in [3.05, 3.63) is 22.3 Å². The molecule has 1 amide bonds. The van der Waals surface area contributed by atoms with E-state index in [-0.39, 0.29) is 11.7 Å². The maximum absolute atomic E-state index is 12.0. The highest BCUT2D eigenvalue weighted by Crippen LogP contribution is 2.32. The highest BCUT2D eigenvalue weighted by Gasteiger charge is 2.18. The molecule has 0 saturated carbocycles. The second-order valence-corrected chi connectivity index (χ2v) is 6.89. The lowest BCUT2D eigenvalue weighted by Gasteiger charge is -2.11. The topological polar surface area (TPSA) is 49.3 Å². The summed E-state index contributed by atoms with van der Waals surface area (Å²) in [5, 5.41) is 12.7. The van der Waals surface area contributed by atoms with Crippen LogP contribution in [0, 0.1) is 10.7 Å². The zero-order valence-corrected chi connectivity index (χ0v) is 15.7. The fourth-order valence-corrected chi connectivity index (χ4v) is 5.12. The zero-order valence-electron chi connectivity index (χ0n) is 9.19. The Morgan fingerprint density at radius 2 is 2.00 bits per heavy atom. The summed E-state index contributed by atoms with van der Waals surface area (Å²) in [6.07, 6.45) is 2.02. The first-order valence-corrected chi connectivity index (χ1v) is 8.37. The second kappa shape index (κ2) is 7.31. The Labute approximate surface area is 142 Å². The van der Waals surface area contributed by atoms with Crippen molar-refractivity contribution in [1.29, 1.82) is 0 Å². The Morgan fingerprint density at radius 3 is 2.59 bits per heavy atom. The fourth-order valence-electron chi connectivity index (χ4n) is 1.26. The van der Waals surface area contributed by atoms with E-state index in [2.05, 4.69) is 57.4 Å². The highest BCUT2D eigenvalue weighted by molar-refractivity contribution is 14.1. The first kappa shape index (κ1) is 15.7. The van der Waals surface area contributed by atoms with Gasteiger partial charge >= 0.3 is 0 Å². The minimum atomic E-state index is -0.112. The Hall–Kier alpha value is 0.680. The number of amides is 1. The van der Waals surface area contributed by atoms with Gasteiger partial charge in [0.05, 0.1) is 12.7 Å². The van der Waals surface area contributed by atoms with Crippen LogP contribution in [-0.2, 0) is 0 Å². The minimum absolute atomic E-state index is 0.112. The van der Waals surface area contributed by atoms with Crippen molar-refractivity contribution in [2.75, 3.05) is 6.54 Å². The molecule has 2 N–H and O–H groups in total. The molecule has 6 heteroatoms. The number of carbonyl (C=O) groups excluding carboxylic acids is 1.